The number of hydrogen-bond acceptors (Lipinski definition) is 6. The summed E-state index contributed by atoms with van der Waals surface area (Å²) in [6, 6.07) is 23.0. The van der Waals surface area contributed by atoms with Crippen LogP contribution in [0.5, 0.6) is 0 Å². The number of nitrogens with one attached hydrogen (secondary N) is 3. The Balaban J connectivity index is 1.20. The predicted molar refractivity (Wildman–Crippen MR) is 153 cm³/mol. The van der Waals surface area contributed by atoms with Crippen LogP contribution in [0.25, 0.3) is 55.0 Å². The van der Waals surface area contributed by atoms with E-state index in [4.69, 9.17) is 4.98 Å². The second-order valence-corrected chi connectivity index (χ2v) is 10.1. The van der Waals surface area contributed by atoms with Crippen molar-refractivity contribution in [1.29, 1.82) is 0 Å². The molecular weight excluding hydrogens is 490 g/mol. The summed E-state index contributed by atoms with van der Waals surface area (Å²) in [4.78, 5) is 18.4. The largest absolute Gasteiger partial charge is 0.335 e. The molecule has 5 aromatic heterocycles. The molecule has 184 valence electrons. The summed E-state index contributed by atoms with van der Waals surface area (Å²) in [5.74, 6) is 0.714. The summed E-state index contributed by atoms with van der Waals surface area (Å²) in [7, 11) is 0. The van der Waals surface area contributed by atoms with Gasteiger partial charge >= 0.3 is 0 Å². The lowest BCUT2D eigenvalue weighted by atomic mass is 10.0. The number of nitrogens with zero attached hydrogens (tertiary/aromatic N) is 4. The molecule has 0 saturated heterocycles. The number of imidazole rings is 1. The molecule has 8 heteroatoms. The normalized spacial score (nSPS) is 11.5. The number of hydrogen-bond donors (Lipinski definition) is 3. The fourth-order valence-electron chi connectivity index (χ4n) is 4.72. The standard InChI is InChI=1S/C30H23N7S/c1-2-5-19(6-3-1)13-31-14-20-11-22(16-32-15-20)21-8-9-25-23(12-21)29(37-36-25)30-34-26-18-33-17-24(28(26)35-30)27-7-4-10-38-27/h1-12,15-18,31H,13-14H2,(H,34,35)(H,36,37). The molecular formula is C30H23N7S. The lowest BCUT2D eigenvalue weighted by Gasteiger charge is -2.07. The van der Waals surface area contributed by atoms with Crippen molar-refractivity contribution in [2.75, 3.05) is 0 Å². The highest BCUT2D eigenvalue weighted by molar-refractivity contribution is 7.13. The van der Waals surface area contributed by atoms with Gasteiger partial charge in [0.2, 0.25) is 0 Å². The van der Waals surface area contributed by atoms with Crippen LogP contribution in [0.3, 0.4) is 0 Å². The zero-order valence-electron chi connectivity index (χ0n) is 20.3. The van der Waals surface area contributed by atoms with Crippen LogP contribution in [0.4, 0.5) is 0 Å². The number of thiophene rings is 1. The monoisotopic (exact) mass is 513 g/mol. The Bertz CT molecular complexity index is 1850. The van der Waals surface area contributed by atoms with E-state index in [9.17, 15) is 0 Å². The van der Waals surface area contributed by atoms with E-state index in [1.165, 1.54) is 5.56 Å². The highest BCUT2D eigenvalue weighted by Gasteiger charge is 2.16. The molecule has 38 heavy (non-hydrogen) atoms. The fraction of sp³-hybridized carbons (Fsp3) is 0.0667. The lowest BCUT2D eigenvalue weighted by Crippen LogP contribution is -2.12. The Kier molecular flexibility index (Phi) is 5.73. The number of benzene rings is 2. The van der Waals surface area contributed by atoms with Crippen molar-refractivity contribution in [2.24, 2.45) is 0 Å². The van der Waals surface area contributed by atoms with Gasteiger partial charge < -0.3 is 10.3 Å². The van der Waals surface area contributed by atoms with E-state index in [0.29, 0.717) is 5.82 Å². The van der Waals surface area contributed by atoms with Crippen molar-refractivity contribution in [1.82, 2.24) is 35.5 Å². The van der Waals surface area contributed by atoms with Crippen molar-refractivity contribution in [3.05, 3.63) is 108 Å². The van der Waals surface area contributed by atoms with Gasteiger partial charge in [-0.3, -0.25) is 15.1 Å². The number of aromatic nitrogens is 6. The minimum atomic E-state index is 0.714. The number of rotatable bonds is 7. The molecule has 0 radical (unpaired) electrons. The summed E-state index contributed by atoms with van der Waals surface area (Å²) < 4.78 is 0. The summed E-state index contributed by atoms with van der Waals surface area (Å²) in [5.41, 5.74) is 9.07. The third kappa shape index (κ3) is 4.26. The van der Waals surface area contributed by atoms with Crippen LogP contribution in [-0.4, -0.2) is 30.1 Å². The first-order valence-electron chi connectivity index (χ1n) is 12.4. The summed E-state index contributed by atoms with van der Waals surface area (Å²) in [6.45, 7) is 1.56. The molecule has 3 N–H and O–H groups in total. The van der Waals surface area contributed by atoms with Crippen molar-refractivity contribution in [3.63, 3.8) is 0 Å². The summed E-state index contributed by atoms with van der Waals surface area (Å²) in [6.07, 6.45) is 7.50. The van der Waals surface area contributed by atoms with E-state index < -0.39 is 0 Å². The van der Waals surface area contributed by atoms with Gasteiger partial charge in [0.25, 0.3) is 0 Å². The van der Waals surface area contributed by atoms with E-state index >= 15 is 0 Å². The van der Waals surface area contributed by atoms with Crippen molar-refractivity contribution >= 4 is 33.3 Å². The smallest absolute Gasteiger partial charge is 0.159 e. The molecule has 0 spiro atoms. The van der Waals surface area contributed by atoms with Crippen LogP contribution in [0, 0.1) is 0 Å². The van der Waals surface area contributed by atoms with Gasteiger partial charge in [-0.05, 0) is 46.3 Å². The first kappa shape index (κ1) is 22.5. The Labute approximate surface area is 222 Å². The van der Waals surface area contributed by atoms with Gasteiger partial charge in [0, 0.05) is 53.1 Å². The zero-order valence-corrected chi connectivity index (χ0v) is 21.2. The van der Waals surface area contributed by atoms with Gasteiger partial charge in [-0.25, -0.2) is 4.98 Å². The van der Waals surface area contributed by atoms with Crippen LogP contribution in [0.15, 0.2) is 96.9 Å². The first-order chi connectivity index (χ1) is 18.8. The highest BCUT2D eigenvalue weighted by atomic mass is 32.1. The van der Waals surface area contributed by atoms with Crippen LogP contribution in [-0.2, 0) is 13.1 Å². The van der Waals surface area contributed by atoms with Gasteiger partial charge in [0.05, 0.1) is 17.2 Å². The van der Waals surface area contributed by atoms with Gasteiger partial charge in [0.1, 0.15) is 11.2 Å². The lowest BCUT2D eigenvalue weighted by molar-refractivity contribution is 0.691. The molecule has 0 unspecified atom stereocenters. The number of aromatic amines is 2. The number of fused-ring (bicyclic) bond motifs is 2. The molecule has 5 heterocycles. The van der Waals surface area contributed by atoms with Gasteiger partial charge in [-0.2, -0.15) is 5.10 Å². The molecule has 0 saturated carbocycles. The zero-order chi connectivity index (χ0) is 25.3. The van der Waals surface area contributed by atoms with Crippen LogP contribution >= 0.6 is 11.3 Å². The molecule has 7 rings (SSSR count). The Morgan fingerprint density at radius 2 is 1.66 bits per heavy atom. The van der Waals surface area contributed by atoms with E-state index in [2.05, 4.69) is 90.4 Å². The van der Waals surface area contributed by atoms with Gasteiger partial charge in [0.15, 0.2) is 5.82 Å². The van der Waals surface area contributed by atoms with Gasteiger partial charge in [-0.1, -0.05) is 42.5 Å². The van der Waals surface area contributed by atoms with Crippen LogP contribution in [0.2, 0.25) is 0 Å². The van der Waals surface area contributed by atoms with Crippen LogP contribution < -0.4 is 5.32 Å². The Hall–Kier alpha value is -4.66. The average Bonchev–Trinajstić information content (AvgIpc) is 3.73. The maximum absolute atomic E-state index is 4.94. The number of H-pyrrole nitrogens is 2. The third-order valence-corrected chi connectivity index (χ3v) is 7.50. The molecule has 0 amide bonds. The van der Waals surface area contributed by atoms with E-state index in [-0.39, 0.29) is 0 Å². The van der Waals surface area contributed by atoms with E-state index in [1.54, 1.807) is 11.3 Å². The second kappa shape index (κ2) is 9.66. The Morgan fingerprint density at radius 3 is 2.55 bits per heavy atom. The van der Waals surface area contributed by atoms with E-state index in [0.717, 1.165) is 67.9 Å². The molecule has 0 aliphatic heterocycles. The molecule has 0 atom stereocenters. The molecule has 0 aliphatic rings. The quantitative estimate of drug-likeness (QED) is 0.224. The maximum Gasteiger partial charge on any atom is 0.159 e. The van der Waals surface area contributed by atoms with Crippen LogP contribution in [0.1, 0.15) is 11.1 Å². The van der Waals surface area contributed by atoms with Crippen molar-refractivity contribution in [3.8, 4) is 33.1 Å². The molecule has 7 aromatic rings. The minimum Gasteiger partial charge on any atom is -0.335 e. The SMILES string of the molecule is c1ccc(CNCc2cncc(-c3ccc4[nH]nc(-c5nc6c(-c7cccs7)cncc6[nH]5)c4c3)c2)cc1. The summed E-state index contributed by atoms with van der Waals surface area (Å²) >= 11 is 1.68. The predicted octanol–water partition coefficient (Wildman–Crippen LogP) is 6.58. The van der Waals surface area contributed by atoms with Gasteiger partial charge in [-0.15, -0.1) is 11.3 Å². The highest BCUT2D eigenvalue weighted by Crippen LogP contribution is 2.34. The molecule has 7 nitrogen and oxygen atoms in total. The third-order valence-electron chi connectivity index (χ3n) is 6.60. The second-order valence-electron chi connectivity index (χ2n) is 9.15. The first-order valence-corrected chi connectivity index (χ1v) is 13.2. The fourth-order valence-corrected chi connectivity index (χ4v) is 5.46. The molecule has 0 bridgehead atoms. The molecule has 0 fully saturated rings. The molecule has 2 aromatic carbocycles. The maximum atomic E-state index is 4.94. The topological polar surface area (TPSA) is 95.2 Å². The van der Waals surface area contributed by atoms with E-state index in [1.807, 2.05) is 36.9 Å². The Morgan fingerprint density at radius 1 is 0.763 bits per heavy atom. The van der Waals surface area contributed by atoms with Crippen molar-refractivity contribution < 1.29 is 0 Å². The minimum absolute atomic E-state index is 0.714. The van der Waals surface area contributed by atoms with Crippen molar-refractivity contribution in [2.45, 2.75) is 13.1 Å². The molecule has 0 aliphatic carbocycles. The number of pyridine rings is 2. The average molecular weight is 514 g/mol. The summed E-state index contributed by atoms with van der Waals surface area (Å²) in [5, 5.41) is 14.3.